The number of alkyl halides is 3. The lowest BCUT2D eigenvalue weighted by atomic mass is 10.1. The first kappa shape index (κ1) is 27.7. The summed E-state index contributed by atoms with van der Waals surface area (Å²) in [4.78, 5) is 13.0. The molecule has 0 unspecified atom stereocenters. The minimum absolute atomic E-state index is 0.0962. The maximum Gasteiger partial charge on any atom is 0.417 e. The summed E-state index contributed by atoms with van der Waals surface area (Å²) in [6, 6.07) is 13.6. The number of amides is 1. The van der Waals surface area contributed by atoms with Gasteiger partial charge in [-0.1, -0.05) is 59.1 Å². The number of carbonyl (C=O) groups is 1. The van der Waals surface area contributed by atoms with Crippen molar-refractivity contribution in [1.29, 1.82) is 0 Å². The molecule has 3 aromatic carbocycles. The summed E-state index contributed by atoms with van der Waals surface area (Å²) in [6.45, 7) is 6.41. The minimum atomic E-state index is -4.71. The molecule has 1 N–H and O–H groups in total. The SMILES string of the molecule is Cc1ccc(CN(CC(=O)Nc2ccc(Cl)c(C(F)(F)F)c2)S(=O)(=O)c2c(C)cc(C)cc2C)cc1. The van der Waals surface area contributed by atoms with E-state index in [1.54, 1.807) is 38.1 Å². The molecule has 0 aliphatic heterocycles. The standard InChI is InChI=1S/C26H26ClF3N2O3S/c1-16-5-7-20(8-6-16)14-32(36(34,35)25-18(3)11-17(2)12-19(25)4)15-24(33)31-21-9-10-23(27)22(13-21)26(28,29)30/h5-13H,14-15H2,1-4H3,(H,31,33). The van der Waals surface area contributed by atoms with Crippen LogP contribution < -0.4 is 5.32 Å². The Morgan fingerprint density at radius 1 is 0.917 bits per heavy atom. The number of hydrogen-bond acceptors (Lipinski definition) is 3. The van der Waals surface area contributed by atoms with E-state index < -0.39 is 39.2 Å². The molecule has 36 heavy (non-hydrogen) atoms. The first-order chi connectivity index (χ1) is 16.7. The van der Waals surface area contributed by atoms with Crippen molar-refractivity contribution >= 4 is 33.2 Å². The van der Waals surface area contributed by atoms with Gasteiger partial charge in [-0.2, -0.15) is 17.5 Å². The van der Waals surface area contributed by atoms with Crippen LogP contribution >= 0.6 is 11.6 Å². The van der Waals surface area contributed by atoms with Gasteiger partial charge >= 0.3 is 6.18 Å². The predicted octanol–water partition coefficient (Wildman–Crippen LogP) is 6.42. The topological polar surface area (TPSA) is 66.5 Å². The highest BCUT2D eigenvalue weighted by Gasteiger charge is 2.34. The van der Waals surface area contributed by atoms with Crippen molar-refractivity contribution in [3.05, 3.63) is 93.0 Å². The molecule has 3 aromatic rings. The van der Waals surface area contributed by atoms with Gasteiger partial charge in [-0.25, -0.2) is 8.42 Å². The Hall–Kier alpha value is -2.88. The molecular weight excluding hydrogens is 513 g/mol. The van der Waals surface area contributed by atoms with Crippen LogP contribution in [0.15, 0.2) is 59.5 Å². The number of aryl methyl sites for hydroxylation is 4. The predicted molar refractivity (Wildman–Crippen MR) is 135 cm³/mol. The maximum atomic E-state index is 13.8. The third kappa shape index (κ3) is 6.46. The van der Waals surface area contributed by atoms with Gasteiger partial charge in [0, 0.05) is 12.2 Å². The van der Waals surface area contributed by atoms with Gasteiger partial charge in [-0.05, 0) is 62.6 Å². The molecule has 1 amide bonds. The lowest BCUT2D eigenvalue weighted by molar-refractivity contribution is -0.137. The first-order valence-electron chi connectivity index (χ1n) is 11.0. The molecule has 0 bridgehead atoms. The number of hydrogen-bond donors (Lipinski definition) is 1. The number of nitrogens with one attached hydrogen (secondary N) is 1. The molecule has 0 radical (unpaired) electrons. The Morgan fingerprint density at radius 2 is 1.50 bits per heavy atom. The van der Waals surface area contributed by atoms with E-state index in [9.17, 15) is 26.4 Å². The number of nitrogens with zero attached hydrogens (tertiary/aromatic N) is 1. The highest BCUT2D eigenvalue weighted by molar-refractivity contribution is 7.89. The zero-order valence-corrected chi connectivity index (χ0v) is 21.8. The fourth-order valence-corrected chi connectivity index (χ4v) is 6.03. The van der Waals surface area contributed by atoms with E-state index in [1.807, 2.05) is 26.0 Å². The van der Waals surface area contributed by atoms with Crippen molar-refractivity contribution in [2.45, 2.75) is 45.3 Å². The van der Waals surface area contributed by atoms with Gasteiger partial charge in [-0.3, -0.25) is 4.79 Å². The van der Waals surface area contributed by atoms with Crippen molar-refractivity contribution < 1.29 is 26.4 Å². The van der Waals surface area contributed by atoms with E-state index in [4.69, 9.17) is 11.6 Å². The molecule has 192 valence electrons. The van der Waals surface area contributed by atoms with Crippen LogP contribution in [-0.2, 0) is 27.5 Å². The molecule has 0 heterocycles. The molecule has 0 aliphatic carbocycles. The number of sulfonamides is 1. The normalized spacial score (nSPS) is 12.1. The van der Waals surface area contributed by atoms with E-state index in [0.717, 1.165) is 21.5 Å². The fraction of sp³-hybridized carbons (Fsp3) is 0.269. The summed E-state index contributed by atoms with van der Waals surface area (Å²) in [6.07, 6.45) is -4.71. The molecule has 10 heteroatoms. The highest BCUT2D eigenvalue weighted by atomic mass is 35.5. The lowest BCUT2D eigenvalue weighted by Crippen LogP contribution is -2.38. The molecular formula is C26H26ClF3N2O3S. The Kier molecular flexibility index (Phi) is 8.17. The Balaban J connectivity index is 1.96. The first-order valence-corrected chi connectivity index (χ1v) is 12.8. The second-order valence-electron chi connectivity index (χ2n) is 8.73. The smallest absolute Gasteiger partial charge is 0.325 e. The molecule has 0 fully saturated rings. The third-order valence-electron chi connectivity index (χ3n) is 5.56. The number of rotatable bonds is 7. The van der Waals surface area contributed by atoms with Gasteiger partial charge in [0.2, 0.25) is 15.9 Å². The number of halogens is 4. The molecule has 0 aliphatic rings. The van der Waals surface area contributed by atoms with E-state index in [1.165, 1.54) is 6.07 Å². The van der Waals surface area contributed by atoms with Crippen LogP contribution in [0, 0.1) is 27.7 Å². The van der Waals surface area contributed by atoms with Crippen molar-refractivity contribution in [3.8, 4) is 0 Å². The molecule has 0 aromatic heterocycles. The Labute approximate surface area is 213 Å². The van der Waals surface area contributed by atoms with Gasteiger partial charge in [0.05, 0.1) is 22.0 Å². The van der Waals surface area contributed by atoms with Crippen LogP contribution in [0.4, 0.5) is 18.9 Å². The second kappa shape index (κ2) is 10.6. The molecule has 0 spiro atoms. The zero-order chi connectivity index (χ0) is 26.8. The molecule has 3 rings (SSSR count). The molecule has 5 nitrogen and oxygen atoms in total. The number of benzene rings is 3. The van der Waals surface area contributed by atoms with E-state index in [0.29, 0.717) is 22.8 Å². The third-order valence-corrected chi connectivity index (χ3v) is 7.99. The van der Waals surface area contributed by atoms with Crippen LogP contribution in [0.3, 0.4) is 0 Å². The van der Waals surface area contributed by atoms with Crippen molar-refractivity contribution in [2.24, 2.45) is 0 Å². The summed E-state index contributed by atoms with van der Waals surface area (Å²) < 4.78 is 68.2. The Bertz CT molecular complexity index is 1370. The molecule has 0 saturated carbocycles. The summed E-state index contributed by atoms with van der Waals surface area (Å²) in [7, 11) is -4.14. The zero-order valence-electron chi connectivity index (χ0n) is 20.2. The fourth-order valence-electron chi connectivity index (χ4n) is 4.01. The van der Waals surface area contributed by atoms with Crippen LogP contribution in [0.25, 0.3) is 0 Å². The minimum Gasteiger partial charge on any atom is -0.325 e. The Morgan fingerprint density at radius 3 is 2.06 bits per heavy atom. The number of carbonyl (C=O) groups excluding carboxylic acids is 1. The molecule has 0 atom stereocenters. The summed E-state index contributed by atoms with van der Waals surface area (Å²) in [5.41, 5.74) is 2.37. The van der Waals surface area contributed by atoms with Crippen LogP contribution in [0.1, 0.15) is 33.4 Å². The lowest BCUT2D eigenvalue weighted by Gasteiger charge is -2.24. The van der Waals surface area contributed by atoms with Crippen LogP contribution in [0.2, 0.25) is 5.02 Å². The quantitative estimate of drug-likeness (QED) is 0.377. The van der Waals surface area contributed by atoms with E-state index >= 15 is 0 Å². The van der Waals surface area contributed by atoms with Crippen LogP contribution in [0.5, 0.6) is 0 Å². The van der Waals surface area contributed by atoms with Crippen molar-refractivity contribution in [1.82, 2.24) is 4.31 Å². The molecule has 0 saturated heterocycles. The summed E-state index contributed by atoms with van der Waals surface area (Å²) in [5, 5.41) is 1.86. The van der Waals surface area contributed by atoms with Gasteiger partial charge in [0.1, 0.15) is 0 Å². The average Bonchev–Trinajstić information content (AvgIpc) is 2.74. The summed E-state index contributed by atoms with van der Waals surface area (Å²) in [5.74, 6) is -0.788. The van der Waals surface area contributed by atoms with E-state index in [-0.39, 0.29) is 17.1 Å². The average molecular weight is 539 g/mol. The largest absolute Gasteiger partial charge is 0.417 e. The monoisotopic (exact) mass is 538 g/mol. The summed E-state index contributed by atoms with van der Waals surface area (Å²) >= 11 is 5.65. The van der Waals surface area contributed by atoms with Gasteiger partial charge in [-0.15, -0.1) is 0 Å². The van der Waals surface area contributed by atoms with Crippen LogP contribution in [-0.4, -0.2) is 25.2 Å². The van der Waals surface area contributed by atoms with Gasteiger partial charge in [0.15, 0.2) is 0 Å². The van der Waals surface area contributed by atoms with E-state index in [2.05, 4.69) is 5.32 Å². The van der Waals surface area contributed by atoms with Crippen molar-refractivity contribution in [3.63, 3.8) is 0 Å². The second-order valence-corrected chi connectivity index (χ2v) is 11.0. The maximum absolute atomic E-state index is 13.8. The highest BCUT2D eigenvalue weighted by Crippen LogP contribution is 2.36. The van der Waals surface area contributed by atoms with Gasteiger partial charge < -0.3 is 5.32 Å². The van der Waals surface area contributed by atoms with Gasteiger partial charge in [0.25, 0.3) is 0 Å². The number of anilines is 1. The van der Waals surface area contributed by atoms with Crippen molar-refractivity contribution in [2.75, 3.05) is 11.9 Å².